The van der Waals surface area contributed by atoms with Crippen LogP contribution in [0.3, 0.4) is 0 Å². The number of piperidine rings is 1. The predicted molar refractivity (Wildman–Crippen MR) is 155 cm³/mol. The monoisotopic (exact) mass is 651 g/mol. The first kappa shape index (κ1) is 31.6. The third-order valence-electron chi connectivity index (χ3n) is 8.00. The van der Waals surface area contributed by atoms with Crippen molar-refractivity contribution in [3.8, 4) is 0 Å². The molecule has 0 spiro atoms. The number of carboxylic acid groups (broad SMARTS) is 1. The maximum atomic E-state index is 13.4. The number of oxime groups is 1. The van der Waals surface area contributed by atoms with E-state index < -0.39 is 51.9 Å². The number of hydrogen-bond donors (Lipinski definition) is 5. The van der Waals surface area contributed by atoms with Gasteiger partial charge in [-0.2, -0.15) is 23.4 Å². The molecule has 1 aliphatic carbocycles. The summed E-state index contributed by atoms with van der Waals surface area (Å²) in [7, 11) is -4.96. The van der Waals surface area contributed by atoms with Crippen LogP contribution in [-0.2, 0) is 42.5 Å². The van der Waals surface area contributed by atoms with Crippen LogP contribution in [0.4, 0.5) is 5.13 Å². The Kier molecular flexibility index (Phi) is 9.10. The molecule has 2 atom stereocenters. The molecule has 5 rings (SSSR count). The molecule has 19 heteroatoms. The number of rotatable bonds is 15. The van der Waals surface area contributed by atoms with Crippen molar-refractivity contribution in [3.05, 3.63) is 23.0 Å². The van der Waals surface area contributed by atoms with Crippen molar-refractivity contribution in [1.82, 2.24) is 29.6 Å². The van der Waals surface area contributed by atoms with Gasteiger partial charge in [-0.25, -0.2) is 14.1 Å². The highest BCUT2D eigenvalue weighted by Gasteiger charge is 2.56. The minimum absolute atomic E-state index is 0.0118. The summed E-state index contributed by atoms with van der Waals surface area (Å²) in [5.74, 6) is -3.73. The average Bonchev–Trinajstić information content (AvgIpc) is 3.43. The summed E-state index contributed by atoms with van der Waals surface area (Å²) >= 11 is 1.01. The summed E-state index contributed by atoms with van der Waals surface area (Å²) in [6.45, 7) is 1.66. The number of ketones is 1. The molecule has 17 nitrogen and oxygen atoms in total. The van der Waals surface area contributed by atoms with Crippen LogP contribution in [0.15, 0.2) is 16.7 Å². The number of Topliss-reactive ketones (excluding diaryl/α,β-unsaturated/α-hetero) is 1. The lowest BCUT2D eigenvalue weighted by Crippen LogP contribution is -2.64. The summed E-state index contributed by atoms with van der Waals surface area (Å²) in [6.07, 6.45) is 5.06. The Morgan fingerprint density at radius 2 is 2.00 bits per heavy atom. The second-order valence-corrected chi connectivity index (χ2v) is 13.4. The lowest BCUT2D eigenvalue weighted by Gasteiger charge is -2.43. The Morgan fingerprint density at radius 1 is 1.27 bits per heavy atom. The van der Waals surface area contributed by atoms with Gasteiger partial charge < -0.3 is 26.4 Å². The fraction of sp³-hybridized carbons (Fsp3) is 0.600. The van der Waals surface area contributed by atoms with Crippen LogP contribution in [0, 0.1) is 17.2 Å². The van der Waals surface area contributed by atoms with Crippen molar-refractivity contribution in [3.63, 3.8) is 0 Å². The third kappa shape index (κ3) is 7.11. The molecular formula is C25H33N9O8S2. The van der Waals surface area contributed by atoms with Crippen LogP contribution in [0.2, 0.25) is 0 Å². The number of nitrogens with one attached hydrogen (secondary N) is 2. The van der Waals surface area contributed by atoms with Crippen molar-refractivity contribution in [2.75, 3.05) is 18.8 Å². The molecule has 6 N–H and O–H groups in total. The molecule has 4 heterocycles. The van der Waals surface area contributed by atoms with E-state index in [2.05, 4.69) is 25.7 Å². The number of nitrogens with two attached hydrogens (primary N) is 1. The van der Waals surface area contributed by atoms with Crippen LogP contribution < -0.4 is 11.1 Å². The van der Waals surface area contributed by atoms with Gasteiger partial charge in [0.25, 0.3) is 0 Å². The lowest BCUT2D eigenvalue weighted by atomic mass is 9.84. The number of aromatic nitrogens is 4. The van der Waals surface area contributed by atoms with Gasteiger partial charge in [0, 0.05) is 30.4 Å². The molecular weight excluding hydrogens is 618 g/mol. The summed E-state index contributed by atoms with van der Waals surface area (Å²) < 4.78 is 34.0. The number of nitrogen functional groups attached to an aromatic ring is 1. The van der Waals surface area contributed by atoms with Crippen LogP contribution in [0.1, 0.15) is 56.3 Å². The van der Waals surface area contributed by atoms with Crippen molar-refractivity contribution < 1.29 is 37.3 Å². The Hall–Kier alpha value is -3.81. The van der Waals surface area contributed by atoms with Gasteiger partial charge in [-0.1, -0.05) is 5.16 Å². The Balaban J connectivity index is 1.26. The molecule has 2 aliphatic heterocycles. The maximum absolute atomic E-state index is 13.4. The van der Waals surface area contributed by atoms with Gasteiger partial charge in [0.05, 0.1) is 30.4 Å². The molecule has 0 bridgehead atoms. The third-order valence-corrected chi connectivity index (χ3v) is 9.62. The minimum atomic E-state index is -4.96. The molecule has 1 amide bonds. The molecule has 1 saturated carbocycles. The number of nitrogens with zero attached hydrogens (tertiary/aromatic N) is 6. The maximum Gasteiger partial charge on any atom is 0.362 e. The van der Waals surface area contributed by atoms with Crippen molar-refractivity contribution in [2.45, 2.75) is 69.6 Å². The zero-order chi connectivity index (χ0) is 31.6. The van der Waals surface area contributed by atoms with Crippen LogP contribution in [-0.4, -0.2) is 96.2 Å². The summed E-state index contributed by atoms with van der Waals surface area (Å²) in [5.41, 5.74) is 4.97. The zero-order valence-electron chi connectivity index (χ0n) is 23.6. The van der Waals surface area contributed by atoms with Gasteiger partial charge in [-0.05, 0) is 51.1 Å². The fourth-order valence-electron chi connectivity index (χ4n) is 5.32. The van der Waals surface area contributed by atoms with Gasteiger partial charge in [0.2, 0.25) is 11.5 Å². The van der Waals surface area contributed by atoms with E-state index in [1.165, 1.54) is 16.4 Å². The highest BCUT2D eigenvalue weighted by molar-refractivity contribution is 7.84. The molecule has 3 aliphatic rings. The number of hydrogen-bond acceptors (Lipinski definition) is 14. The van der Waals surface area contributed by atoms with Crippen LogP contribution in [0.5, 0.6) is 0 Å². The van der Waals surface area contributed by atoms with Gasteiger partial charge in [-0.15, -0.1) is 11.3 Å². The van der Waals surface area contributed by atoms with E-state index in [1.807, 2.05) is 0 Å². The van der Waals surface area contributed by atoms with Gasteiger partial charge >= 0.3 is 16.3 Å². The number of carbonyl (C=O) groups is 3. The van der Waals surface area contributed by atoms with E-state index in [9.17, 15) is 32.5 Å². The van der Waals surface area contributed by atoms with E-state index in [-0.39, 0.29) is 40.2 Å². The first-order chi connectivity index (χ1) is 20.9. The van der Waals surface area contributed by atoms with Crippen molar-refractivity contribution in [1.29, 1.82) is 5.41 Å². The average molecular weight is 652 g/mol. The van der Waals surface area contributed by atoms with Gasteiger partial charge in [0.15, 0.2) is 16.6 Å². The van der Waals surface area contributed by atoms with E-state index >= 15 is 0 Å². The summed E-state index contributed by atoms with van der Waals surface area (Å²) in [4.78, 5) is 48.2. The SMILES string of the molecule is N=C(CCc1cnn(C[C@@H]2[C@H](CC(=O)/C(=N\OC3(C(=O)O)CC3)c3csc(N)n3)C(=O)N2S(=O)(=O)O)n1)CC1CCNCC1. The number of anilines is 1. The normalized spacial score (nSPS) is 22.0. The molecule has 238 valence electrons. The number of carboxylic acids is 1. The second kappa shape index (κ2) is 12.7. The fourth-order valence-corrected chi connectivity index (χ4v) is 6.79. The molecule has 2 aromatic heterocycles. The molecule has 2 saturated heterocycles. The molecule has 0 aromatic carbocycles. The number of amides is 1. The number of thiazole rings is 1. The Labute approximate surface area is 256 Å². The van der Waals surface area contributed by atoms with E-state index in [0.717, 1.165) is 43.7 Å². The Morgan fingerprint density at radius 3 is 2.61 bits per heavy atom. The van der Waals surface area contributed by atoms with Crippen LogP contribution >= 0.6 is 11.3 Å². The van der Waals surface area contributed by atoms with Crippen molar-refractivity contribution in [2.24, 2.45) is 17.0 Å². The molecule has 0 radical (unpaired) electrons. The summed E-state index contributed by atoms with van der Waals surface area (Å²) in [5, 5.41) is 34.8. The highest BCUT2D eigenvalue weighted by Crippen LogP contribution is 2.40. The number of carbonyl (C=O) groups excluding carboxylic acids is 2. The van der Waals surface area contributed by atoms with E-state index in [4.69, 9.17) is 16.0 Å². The largest absolute Gasteiger partial charge is 0.478 e. The standard InChI is InChI=1S/C25H33N9O8S2/c26-15(9-14-3-7-28-8-4-14)1-2-16-11-29-33(31-16)12-19-17(22(36)34(19)44(39,40)41)10-20(35)21(18-13-43-24(27)30-18)32-42-25(5-6-25)23(37)38/h11,13-14,17,19,26,28H,1-10,12H2,(H2,27,30)(H,37,38)(H,39,40,41)/b26-15?,32-21-/t17-,19+/m0/s1. The van der Waals surface area contributed by atoms with Crippen LogP contribution in [0.25, 0.3) is 0 Å². The smallest absolute Gasteiger partial charge is 0.362 e. The first-order valence-corrected chi connectivity index (χ1v) is 16.3. The topological polar surface area (TPSA) is 256 Å². The summed E-state index contributed by atoms with van der Waals surface area (Å²) in [6, 6.07) is -1.20. The molecule has 2 aromatic rings. The number of aryl methyl sites for hydroxylation is 1. The second-order valence-electron chi connectivity index (χ2n) is 11.2. The highest BCUT2D eigenvalue weighted by atomic mass is 32.2. The first-order valence-electron chi connectivity index (χ1n) is 14.1. The number of β-lactam (4-membered cyclic amide) rings is 1. The Bertz CT molecular complexity index is 1580. The van der Waals surface area contributed by atoms with Gasteiger partial charge in [0.1, 0.15) is 5.69 Å². The minimum Gasteiger partial charge on any atom is -0.478 e. The lowest BCUT2D eigenvalue weighted by molar-refractivity contribution is -0.153. The molecule has 0 unspecified atom stereocenters. The van der Waals surface area contributed by atoms with E-state index in [0.29, 0.717) is 30.2 Å². The predicted octanol–water partition coefficient (Wildman–Crippen LogP) is 0.286. The van der Waals surface area contributed by atoms with E-state index in [1.54, 1.807) is 0 Å². The molecule has 44 heavy (non-hydrogen) atoms. The van der Waals surface area contributed by atoms with Gasteiger partial charge in [-0.3, -0.25) is 14.1 Å². The zero-order valence-corrected chi connectivity index (χ0v) is 25.2. The van der Waals surface area contributed by atoms with Crippen molar-refractivity contribution >= 4 is 55.9 Å². The number of aliphatic carboxylic acids is 1. The quantitative estimate of drug-likeness (QED) is 0.0752. The molecule has 3 fully saturated rings.